The van der Waals surface area contributed by atoms with Gasteiger partial charge in [0.15, 0.2) is 5.17 Å². The number of amides is 1. The van der Waals surface area contributed by atoms with Crippen molar-refractivity contribution >= 4 is 51.6 Å². The van der Waals surface area contributed by atoms with Gasteiger partial charge in [-0.15, -0.1) is 18.3 Å². The highest BCUT2D eigenvalue weighted by atomic mass is 127. The molecule has 5 nitrogen and oxygen atoms in total. The van der Waals surface area contributed by atoms with Gasteiger partial charge in [-0.25, -0.2) is 0 Å². The van der Waals surface area contributed by atoms with Crippen LogP contribution in [0.3, 0.4) is 0 Å². The molecule has 1 fully saturated rings. The number of carbonyl (C=O) groups is 1. The molecule has 0 saturated carbocycles. The van der Waals surface area contributed by atoms with Gasteiger partial charge in [-0.3, -0.25) is 4.79 Å². The van der Waals surface area contributed by atoms with Crippen molar-refractivity contribution in [2.24, 2.45) is 10.2 Å². The van der Waals surface area contributed by atoms with Gasteiger partial charge in [0.1, 0.15) is 5.75 Å². The van der Waals surface area contributed by atoms with Gasteiger partial charge >= 0.3 is 6.36 Å². The Hall–Kier alpha value is -1.30. The second-order valence-electron chi connectivity index (χ2n) is 3.72. The van der Waals surface area contributed by atoms with E-state index in [0.29, 0.717) is 14.3 Å². The lowest BCUT2D eigenvalue weighted by Crippen LogP contribution is -2.19. The highest BCUT2D eigenvalue weighted by Gasteiger charge is 2.32. The maximum Gasteiger partial charge on any atom is 0.573 e. The molecule has 0 aliphatic carbocycles. The molecule has 1 aliphatic heterocycles. The first-order valence-corrected chi connectivity index (χ1v) is 7.49. The summed E-state index contributed by atoms with van der Waals surface area (Å²) in [7, 11) is 0. The number of thioether (sulfide) groups is 1. The standard InChI is InChI=1S/C11H7F3IN3O2S/c12-11(13,14)20-8-3-6(1-2-7(8)15)4-16-18-10-17-9(19)5-21-10/h1-4H,5H2,(H,17,18,19). The summed E-state index contributed by atoms with van der Waals surface area (Å²) in [6, 6.07) is 4.26. The number of hydrogen-bond donors (Lipinski definition) is 1. The zero-order chi connectivity index (χ0) is 15.5. The average Bonchev–Trinajstić information content (AvgIpc) is 2.77. The van der Waals surface area contributed by atoms with Gasteiger partial charge in [0.05, 0.1) is 15.5 Å². The fourth-order valence-electron chi connectivity index (χ4n) is 1.33. The van der Waals surface area contributed by atoms with E-state index in [-0.39, 0.29) is 17.4 Å². The Bertz CT molecular complexity index is 619. The Kier molecular flexibility index (Phi) is 5.08. The first-order chi connectivity index (χ1) is 9.83. The van der Waals surface area contributed by atoms with Crippen LogP contribution < -0.4 is 10.1 Å². The highest BCUT2D eigenvalue weighted by Crippen LogP contribution is 2.28. The number of nitrogens with zero attached hydrogens (tertiary/aromatic N) is 2. The first kappa shape index (κ1) is 16.1. The molecule has 0 aromatic heterocycles. The van der Waals surface area contributed by atoms with Crippen LogP contribution in [0.2, 0.25) is 0 Å². The van der Waals surface area contributed by atoms with Crippen molar-refractivity contribution in [3.05, 3.63) is 27.3 Å². The summed E-state index contributed by atoms with van der Waals surface area (Å²) in [6.45, 7) is 0. The molecule has 112 valence electrons. The van der Waals surface area contributed by atoms with E-state index < -0.39 is 6.36 Å². The van der Waals surface area contributed by atoms with E-state index in [1.807, 2.05) is 0 Å². The summed E-state index contributed by atoms with van der Waals surface area (Å²) in [4.78, 5) is 10.9. The van der Waals surface area contributed by atoms with Crippen LogP contribution in [0.25, 0.3) is 0 Å². The lowest BCUT2D eigenvalue weighted by molar-refractivity contribution is -0.274. The van der Waals surface area contributed by atoms with Crippen molar-refractivity contribution < 1.29 is 22.7 Å². The summed E-state index contributed by atoms with van der Waals surface area (Å²) < 4.78 is 40.9. The molecule has 0 unspecified atom stereocenters. The van der Waals surface area contributed by atoms with Crippen LogP contribution in [0.15, 0.2) is 28.4 Å². The summed E-state index contributed by atoms with van der Waals surface area (Å²) in [5.74, 6) is -0.186. The molecule has 10 heteroatoms. The molecular weight excluding hydrogens is 422 g/mol. The largest absolute Gasteiger partial charge is 0.573 e. The van der Waals surface area contributed by atoms with Crippen molar-refractivity contribution in [1.82, 2.24) is 5.32 Å². The van der Waals surface area contributed by atoms with Crippen LogP contribution in [-0.4, -0.2) is 29.4 Å². The maximum atomic E-state index is 12.2. The SMILES string of the molecule is O=C1CSC(=NN=Cc2ccc(I)c(OC(F)(F)F)c2)N1. The third-order valence-electron chi connectivity index (χ3n) is 2.12. The minimum atomic E-state index is -4.75. The molecule has 2 rings (SSSR count). The zero-order valence-corrected chi connectivity index (χ0v) is 13.1. The van der Waals surface area contributed by atoms with E-state index in [1.165, 1.54) is 30.1 Å². The minimum absolute atomic E-state index is 0.163. The number of nitrogens with one attached hydrogen (secondary N) is 1. The predicted octanol–water partition coefficient (Wildman–Crippen LogP) is 2.74. The lowest BCUT2D eigenvalue weighted by atomic mass is 10.2. The van der Waals surface area contributed by atoms with Gasteiger partial charge in [-0.1, -0.05) is 17.8 Å². The monoisotopic (exact) mass is 429 g/mol. The molecule has 0 bridgehead atoms. The Balaban J connectivity index is 2.10. The topological polar surface area (TPSA) is 63.0 Å². The molecule has 0 atom stereocenters. The summed E-state index contributed by atoms with van der Waals surface area (Å²) in [5, 5.41) is 10.3. The van der Waals surface area contributed by atoms with E-state index >= 15 is 0 Å². The third-order valence-corrected chi connectivity index (χ3v) is 3.88. The molecule has 1 N–H and O–H groups in total. The van der Waals surface area contributed by atoms with E-state index in [9.17, 15) is 18.0 Å². The second-order valence-corrected chi connectivity index (χ2v) is 5.85. The van der Waals surface area contributed by atoms with E-state index in [4.69, 9.17) is 0 Å². The summed E-state index contributed by atoms with van der Waals surface area (Å²) in [5.41, 5.74) is 0.397. The molecule has 1 saturated heterocycles. The molecule has 0 spiro atoms. The first-order valence-electron chi connectivity index (χ1n) is 5.42. The number of alkyl halides is 3. The number of hydrogen-bond acceptors (Lipinski definition) is 5. The Morgan fingerprint density at radius 2 is 2.19 bits per heavy atom. The maximum absolute atomic E-state index is 12.2. The molecular formula is C11H7F3IN3O2S. The smallest absolute Gasteiger partial charge is 0.405 e. The Morgan fingerprint density at radius 3 is 2.81 bits per heavy atom. The van der Waals surface area contributed by atoms with Gasteiger partial charge < -0.3 is 10.1 Å². The van der Waals surface area contributed by atoms with Crippen molar-refractivity contribution in [3.63, 3.8) is 0 Å². The van der Waals surface area contributed by atoms with Crippen LogP contribution in [0.4, 0.5) is 13.2 Å². The van der Waals surface area contributed by atoms with Crippen LogP contribution in [0, 0.1) is 3.57 Å². The van der Waals surface area contributed by atoms with Crippen LogP contribution in [0.5, 0.6) is 5.75 Å². The van der Waals surface area contributed by atoms with Crippen molar-refractivity contribution in [1.29, 1.82) is 0 Å². The predicted molar refractivity (Wildman–Crippen MR) is 81.5 cm³/mol. The quantitative estimate of drug-likeness (QED) is 0.457. The Labute approximate surface area is 135 Å². The van der Waals surface area contributed by atoms with Gasteiger partial charge in [0.2, 0.25) is 5.91 Å². The van der Waals surface area contributed by atoms with E-state index in [2.05, 4.69) is 20.3 Å². The normalized spacial score (nSPS) is 17.5. The van der Waals surface area contributed by atoms with E-state index in [0.717, 1.165) is 0 Å². The number of rotatable bonds is 3. The average molecular weight is 429 g/mol. The molecule has 21 heavy (non-hydrogen) atoms. The minimum Gasteiger partial charge on any atom is -0.405 e. The molecule has 1 heterocycles. The second kappa shape index (κ2) is 6.64. The van der Waals surface area contributed by atoms with Gasteiger partial charge in [0.25, 0.3) is 0 Å². The molecule has 1 aromatic carbocycles. The summed E-state index contributed by atoms with van der Waals surface area (Å²) in [6.07, 6.45) is -3.47. The van der Waals surface area contributed by atoms with Gasteiger partial charge in [-0.05, 0) is 40.3 Å². The number of benzene rings is 1. The van der Waals surface area contributed by atoms with Crippen LogP contribution in [0.1, 0.15) is 5.56 Å². The number of halogens is 4. The summed E-state index contributed by atoms with van der Waals surface area (Å²) >= 11 is 2.94. The van der Waals surface area contributed by atoms with Crippen molar-refractivity contribution in [2.75, 3.05) is 5.75 Å². The zero-order valence-electron chi connectivity index (χ0n) is 10.1. The van der Waals surface area contributed by atoms with Gasteiger partial charge in [-0.2, -0.15) is 5.10 Å². The molecule has 1 amide bonds. The van der Waals surface area contributed by atoms with Crippen molar-refractivity contribution in [3.8, 4) is 5.75 Å². The molecule has 1 aromatic rings. The van der Waals surface area contributed by atoms with Crippen LogP contribution in [-0.2, 0) is 4.79 Å². The number of amidine groups is 1. The van der Waals surface area contributed by atoms with E-state index in [1.54, 1.807) is 28.7 Å². The van der Waals surface area contributed by atoms with Crippen LogP contribution >= 0.6 is 34.4 Å². The van der Waals surface area contributed by atoms with Gasteiger partial charge in [0, 0.05) is 0 Å². The number of ether oxygens (including phenoxy) is 1. The third kappa shape index (κ3) is 5.19. The molecule has 1 aliphatic rings. The Morgan fingerprint density at radius 1 is 1.43 bits per heavy atom. The molecule has 0 radical (unpaired) electrons. The fraction of sp³-hybridized carbons (Fsp3) is 0.182. The fourth-order valence-corrected chi connectivity index (χ4v) is 2.41. The lowest BCUT2D eigenvalue weighted by Gasteiger charge is -2.10. The van der Waals surface area contributed by atoms with Crippen molar-refractivity contribution in [2.45, 2.75) is 6.36 Å². The highest BCUT2D eigenvalue weighted by molar-refractivity contribution is 14.1. The number of carbonyl (C=O) groups excluding carboxylic acids is 1.